The Morgan fingerprint density at radius 3 is 2.53 bits per heavy atom. The normalized spacial score (nSPS) is 17.1. The van der Waals surface area contributed by atoms with E-state index in [-0.39, 0.29) is 12.3 Å². The first-order valence-electron chi connectivity index (χ1n) is 5.00. The molecule has 1 atom stereocenters. The summed E-state index contributed by atoms with van der Waals surface area (Å²) in [4.78, 5) is 21.7. The van der Waals surface area contributed by atoms with E-state index in [1.807, 2.05) is 0 Å². The quantitative estimate of drug-likeness (QED) is 0.423. The minimum atomic E-state index is -1.22. The van der Waals surface area contributed by atoms with Crippen LogP contribution in [0.5, 0.6) is 0 Å². The average Bonchev–Trinajstić information content (AvgIpc) is 2.97. The van der Waals surface area contributed by atoms with Crippen molar-refractivity contribution in [2.24, 2.45) is 0 Å². The summed E-state index contributed by atoms with van der Waals surface area (Å²) < 4.78 is 0. The van der Waals surface area contributed by atoms with Crippen molar-refractivity contribution < 1.29 is 19.8 Å². The summed E-state index contributed by atoms with van der Waals surface area (Å²) in [7, 11) is 0. The highest BCUT2D eigenvalue weighted by atomic mass is 16.4. The van der Waals surface area contributed by atoms with Gasteiger partial charge in [-0.3, -0.25) is 4.79 Å². The number of rotatable bonds is 7. The van der Waals surface area contributed by atoms with E-state index in [0.717, 1.165) is 12.8 Å². The Morgan fingerprint density at radius 2 is 2.07 bits per heavy atom. The fourth-order valence-electron chi connectivity index (χ4n) is 1.13. The van der Waals surface area contributed by atoms with Gasteiger partial charge in [-0.1, -0.05) is 0 Å². The van der Waals surface area contributed by atoms with Crippen LogP contribution in [0.1, 0.15) is 19.3 Å². The van der Waals surface area contributed by atoms with Crippen LogP contribution >= 0.6 is 0 Å². The molecule has 0 saturated heterocycles. The van der Waals surface area contributed by atoms with Gasteiger partial charge in [0.15, 0.2) is 0 Å². The smallest absolute Gasteiger partial charge is 0.328 e. The Labute approximate surface area is 87.7 Å². The van der Waals surface area contributed by atoms with Gasteiger partial charge in [0.1, 0.15) is 6.04 Å². The average molecular weight is 216 g/mol. The lowest BCUT2D eigenvalue weighted by atomic mass is 10.3. The standard InChI is InChI=1S/C9H16N2O4/c12-5-7(9(14)15)11-8(13)3-4-10-6-1-2-6/h6-7,10,12H,1-5H2,(H,11,13)(H,14,15)/t7-/m1/s1. The molecule has 0 aromatic heterocycles. The molecule has 0 radical (unpaired) electrons. The number of carbonyl (C=O) groups is 2. The number of hydrogen-bond donors (Lipinski definition) is 4. The highest BCUT2D eigenvalue weighted by Crippen LogP contribution is 2.18. The van der Waals surface area contributed by atoms with Crippen molar-refractivity contribution in [1.29, 1.82) is 0 Å². The number of carbonyl (C=O) groups excluding carboxylic acids is 1. The van der Waals surface area contributed by atoms with Crippen molar-refractivity contribution >= 4 is 11.9 Å². The fourth-order valence-corrected chi connectivity index (χ4v) is 1.13. The summed E-state index contributed by atoms with van der Waals surface area (Å²) in [6.07, 6.45) is 2.53. The molecule has 0 unspecified atom stereocenters. The van der Waals surface area contributed by atoms with Gasteiger partial charge in [-0.15, -0.1) is 0 Å². The molecule has 6 nitrogen and oxygen atoms in total. The summed E-state index contributed by atoms with van der Waals surface area (Å²) in [5.74, 6) is -1.58. The van der Waals surface area contributed by atoms with E-state index < -0.39 is 18.6 Å². The molecule has 0 heterocycles. The van der Waals surface area contributed by atoms with Gasteiger partial charge < -0.3 is 20.8 Å². The van der Waals surface area contributed by atoms with Gasteiger partial charge in [-0.2, -0.15) is 0 Å². The zero-order valence-electron chi connectivity index (χ0n) is 8.40. The summed E-state index contributed by atoms with van der Waals surface area (Å²) in [5.41, 5.74) is 0. The first-order valence-corrected chi connectivity index (χ1v) is 5.00. The largest absolute Gasteiger partial charge is 0.480 e. The number of carboxylic acids is 1. The van der Waals surface area contributed by atoms with Crippen LogP contribution in [0.2, 0.25) is 0 Å². The van der Waals surface area contributed by atoms with Crippen molar-refractivity contribution in [1.82, 2.24) is 10.6 Å². The zero-order valence-corrected chi connectivity index (χ0v) is 8.40. The number of aliphatic hydroxyl groups excluding tert-OH is 1. The highest BCUT2D eigenvalue weighted by molar-refractivity contribution is 5.83. The Morgan fingerprint density at radius 1 is 1.40 bits per heavy atom. The predicted molar refractivity (Wildman–Crippen MR) is 52.3 cm³/mol. The lowest BCUT2D eigenvalue weighted by Gasteiger charge is -2.11. The van der Waals surface area contributed by atoms with Crippen molar-refractivity contribution in [2.75, 3.05) is 13.2 Å². The summed E-state index contributed by atoms with van der Waals surface area (Å²) in [6.45, 7) is -0.0363. The Balaban J connectivity index is 2.12. The molecule has 6 heteroatoms. The second-order valence-corrected chi connectivity index (χ2v) is 3.62. The number of aliphatic hydroxyl groups is 1. The highest BCUT2D eigenvalue weighted by Gasteiger charge is 2.21. The fraction of sp³-hybridized carbons (Fsp3) is 0.778. The van der Waals surface area contributed by atoms with Crippen LogP contribution in [-0.4, -0.2) is 47.3 Å². The summed E-state index contributed by atoms with van der Waals surface area (Å²) in [6, 6.07) is -0.663. The van der Waals surface area contributed by atoms with E-state index in [1.54, 1.807) is 0 Å². The number of nitrogens with one attached hydrogen (secondary N) is 2. The molecule has 15 heavy (non-hydrogen) atoms. The maximum atomic E-state index is 11.2. The van der Waals surface area contributed by atoms with E-state index in [9.17, 15) is 9.59 Å². The lowest BCUT2D eigenvalue weighted by Crippen LogP contribution is -2.44. The molecule has 1 aliphatic carbocycles. The third-order valence-electron chi connectivity index (χ3n) is 2.18. The van der Waals surface area contributed by atoms with Gasteiger partial charge in [0, 0.05) is 19.0 Å². The number of carboxylic acid groups (broad SMARTS) is 1. The van der Waals surface area contributed by atoms with Gasteiger partial charge in [0.25, 0.3) is 0 Å². The first-order chi connectivity index (χ1) is 7.13. The zero-order chi connectivity index (χ0) is 11.3. The molecule has 1 fully saturated rings. The summed E-state index contributed by atoms with van der Waals surface area (Å²) in [5, 5.41) is 22.6. The molecular formula is C9H16N2O4. The third kappa shape index (κ3) is 4.75. The van der Waals surface area contributed by atoms with Crippen LogP contribution in [-0.2, 0) is 9.59 Å². The second kappa shape index (κ2) is 5.67. The van der Waals surface area contributed by atoms with Crippen molar-refractivity contribution in [3.8, 4) is 0 Å². The molecule has 1 rings (SSSR count). The molecule has 0 aromatic carbocycles. The molecule has 4 N–H and O–H groups in total. The van der Waals surface area contributed by atoms with Gasteiger partial charge in [-0.05, 0) is 12.8 Å². The van der Waals surface area contributed by atoms with Gasteiger partial charge in [0.2, 0.25) is 5.91 Å². The van der Waals surface area contributed by atoms with E-state index in [4.69, 9.17) is 10.2 Å². The van der Waals surface area contributed by atoms with Crippen molar-refractivity contribution in [3.63, 3.8) is 0 Å². The maximum Gasteiger partial charge on any atom is 0.328 e. The Bertz CT molecular complexity index is 240. The van der Waals surface area contributed by atoms with Gasteiger partial charge in [0.05, 0.1) is 6.61 Å². The van der Waals surface area contributed by atoms with Crippen LogP contribution < -0.4 is 10.6 Å². The van der Waals surface area contributed by atoms with E-state index >= 15 is 0 Å². The molecule has 0 spiro atoms. The van der Waals surface area contributed by atoms with E-state index in [0.29, 0.717) is 12.6 Å². The minimum Gasteiger partial charge on any atom is -0.480 e. The van der Waals surface area contributed by atoms with Gasteiger partial charge in [-0.25, -0.2) is 4.79 Å². The Kier molecular flexibility index (Phi) is 4.51. The van der Waals surface area contributed by atoms with Crippen LogP contribution in [0.15, 0.2) is 0 Å². The molecule has 0 aromatic rings. The van der Waals surface area contributed by atoms with Crippen LogP contribution in [0.3, 0.4) is 0 Å². The van der Waals surface area contributed by atoms with E-state index in [1.165, 1.54) is 0 Å². The van der Waals surface area contributed by atoms with Crippen LogP contribution in [0.25, 0.3) is 0 Å². The monoisotopic (exact) mass is 216 g/mol. The van der Waals surface area contributed by atoms with Crippen LogP contribution in [0, 0.1) is 0 Å². The van der Waals surface area contributed by atoms with E-state index in [2.05, 4.69) is 10.6 Å². The maximum absolute atomic E-state index is 11.2. The molecule has 86 valence electrons. The molecular weight excluding hydrogens is 200 g/mol. The second-order valence-electron chi connectivity index (χ2n) is 3.62. The molecule has 1 amide bonds. The Hall–Kier alpha value is -1.14. The lowest BCUT2D eigenvalue weighted by molar-refractivity contribution is -0.142. The summed E-state index contributed by atoms with van der Waals surface area (Å²) >= 11 is 0. The molecule has 0 bridgehead atoms. The molecule has 0 aliphatic heterocycles. The van der Waals surface area contributed by atoms with Gasteiger partial charge >= 0.3 is 5.97 Å². The molecule has 1 saturated carbocycles. The van der Waals surface area contributed by atoms with Crippen molar-refractivity contribution in [2.45, 2.75) is 31.3 Å². The first kappa shape index (κ1) is 11.9. The topological polar surface area (TPSA) is 98.7 Å². The number of hydrogen-bond acceptors (Lipinski definition) is 4. The van der Waals surface area contributed by atoms with Crippen LogP contribution in [0.4, 0.5) is 0 Å². The molecule has 1 aliphatic rings. The van der Waals surface area contributed by atoms with Crippen molar-refractivity contribution in [3.05, 3.63) is 0 Å². The number of aliphatic carboxylic acids is 1. The third-order valence-corrected chi connectivity index (χ3v) is 2.18. The predicted octanol–water partition coefficient (Wildman–Crippen LogP) is -1.31. The number of amides is 1. The minimum absolute atomic E-state index is 0.236. The SMILES string of the molecule is O=C(CCNC1CC1)N[C@H](CO)C(=O)O.